The molecule has 0 spiro atoms. The monoisotopic (exact) mass is 453 g/mol. The molecule has 3 rings (SSSR count). The number of aryl methyl sites for hydroxylation is 2. The number of nitrogens with zero attached hydrogens (tertiary/aromatic N) is 2. The highest BCUT2D eigenvalue weighted by Gasteiger charge is 2.27. The Labute approximate surface area is 187 Å². The van der Waals surface area contributed by atoms with Gasteiger partial charge >= 0.3 is 0 Å². The molecule has 6 nitrogen and oxygen atoms in total. The number of rotatable bonds is 8. The molecule has 0 saturated carbocycles. The van der Waals surface area contributed by atoms with Gasteiger partial charge in [-0.1, -0.05) is 65.7 Å². The van der Waals surface area contributed by atoms with E-state index in [4.69, 9.17) is 0 Å². The molecule has 0 fully saturated rings. The van der Waals surface area contributed by atoms with Crippen LogP contribution in [0.1, 0.15) is 22.3 Å². The molecule has 3 aromatic rings. The summed E-state index contributed by atoms with van der Waals surface area (Å²) in [5, 5.41) is 3.90. The molecule has 0 aliphatic carbocycles. The number of amides is 1. The van der Waals surface area contributed by atoms with Crippen molar-refractivity contribution in [3.05, 3.63) is 101 Å². The van der Waals surface area contributed by atoms with Crippen LogP contribution in [0.4, 0.5) is 4.39 Å². The van der Waals surface area contributed by atoms with Crippen LogP contribution in [-0.4, -0.2) is 31.4 Å². The van der Waals surface area contributed by atoms with Crippen molar-refractivity contribution in [1.29, 1.82) is 0 Å². The van der Waals surface area contributed by atoms with E-state index in [-0.39, 0.29) is 17.0 Å². The smallest absolute Gasteiger partial charge is 0.255 e. The maximum atomic E-state index is 14.2. The van der Waals surface area contributed by atoms with Crippen LogP contribution in [0.3, 0.4) is 0 Å². The topological polar surface area (TPSA) is 78.8 Å². The third-order valence-corrected chi connectivity index (χ3v) is 6.57. The molecule has 0 atom stereocenters. The summed E-state index contributed by atoms with van der Waals surface area (Å²) in [6.45, 7) is 2.99. The van der Waals surface area contributed by atoms with Crippen molar-refractivity contribution in [3.8, 4) is 0 Å². The van der Waals surface area contributed by atoms with Crippen LogP contribution in [0.2, 0.25) is 0 Å². The Hall–Kier alpha value is -3.36. The van der Waals surface area contributed by atoms with Crippen LogP contribution in [0.25, 0.3) is 0 Å². The maximum Gasteiger partial charge on any atom is 0.255 e. The predicted octanol–water partition coefficient (Wildman–Crippen LogP) is 3.78. The molecular weight excluding hydrogens is 429 g/mol. The molecular formula is C24H24FN3O3S. The number of hydrazone groups is 1. The SMILES string of the molecule is Cc1ccc(/C=N\NC(=O)CN(Cc2ccccc2F)S(=O)(=O)c2ccc(C)cc2)cc1. The maximum absolute atomic E-state index is 14.2. The lowest BCUT2D eigenvalue weighted by Gasteiger charge is -2.22. The fraction of sp³-hybridized carbons (Fsp3) is 0.167. The largest absolute Gasteiger partial charge is 0.272 e. The summed E-state index contributed by atoms with van der Waals surface area (Å²) < 4.78 is 41.6. The standard InChI is InChI=1S/C24H24FN3O3S/c1-18-7-11-20(12-8-18)15-26-27-24(29)17-28(16-21-5-3-4-6-23(21)25)32(30,31)22-13-9-19(2)10-14-22/h3-15H,16-17H2,1-2H3,(H,27,29)/b26-15-. The molecule has 0 saturated heterocycles. The quantitative estimate of drug-likeness (QED) is 0.416. The zero-order valence-corrected chi connectivity index (χ0v) is 18.6. The van der Waals surface area contributed by atoms with E-state index in [1.54, 1.807) is 18.2 Å². The summed E-state index contributed by atoms with van der Waals surface area (Å²) in [5.74, 6) is -1.19. The van der Waals surface area contributed by atoms with Crippen molar-refractivity contribution < 1.29 is 17.6 Å². The van der Waals surface area contributed by atoms with Crippen molar-refractivity contribution in [2.45, 2.75) is 25.3 Å². The summed E-state index contributed by atoms with van der Waals surface area (Å²) in [6.07, 6.45) is 1.47. The average molecular weight is 454 g/mol. The first-order valence-electron chi connectivity index (χ1n) is 9.94. The minimum absolute atomic E-state index is 0.0235. The van der Waals surface area contributed by atoms with Crippen LogP contribution >= 0.6 is 0 Å². The zero-order valence-electron chi connectivity index (χ0n) is 17.8. The van der Waals surface area contributed by atoms with Crippen molar-refractivity contribution in [1.82, 2.24) is 9.73 Å². The van der Waals surface area contributed by atoms with E-state index in [2.05, 4.69) is 10.5 Å². The summed E-state index contributed by atoms with van der Waals surface area (Å²) >= 11 is 0. The van der Waals surface area contributed by atoms with E-state index in [9.17, 15) is 17.6 Å². The number of nitrogens with one attached hydrogen (secondary N) is 1. The lowest BCUT2D eigenvalue weighted by Crippen LogP contribution is -2.39. The van der Waals surface area contributed by atoms with Gasteiger partial charge in [-0.15, -0.1) is 0 Å². The fourth-order valence-corrected chi connectivity index (χ4v) is 4.30. The van der Waals surface area contributed by atoms with Gasteiger partial charge in [0, 0.05) is 12.1 Å². The van der Waals surface area contributed by atoms with E-state index >= 15 is 0 Å². The zero-order chi connectivity index (χ0) is 23.1. The number of halogens is 1. The van der Waals surface area contributed by atoms with E-state index in [0.717, 1.165) is 21.0 Å². The van der Waals surface area contributed by atoms with Gasteiger partial charge in [-0.2, -0.15) is 9.41 Å². The number of hydrogen-bond donors (Lipinski definition) is 1. The van der Waals surface area contributed by atoms with Crippen molar-refractivity contribution in [2.75, 3.05) is 6.54 Å². The number of hydrogen-bond acceptors (Lipinski definition) is 4. The summed E-state index contributed by atoms with van der Waals surface area (Å²) in [4.78, 5) is 12.5. The van der Waals surface area contributed by atoms with Gasteiger partial charge in [0.15, 0.2) is 0 Å². The molecule has 166 valence electrons. The minimum atomic E-state index is -4.06. The highest BCUT2D eigenvalue weighted by atomic mass is 32.2. The third kappa shape index (κ3) is 6.09. The van der Waals surface area contributed by atoms with Crippen LogP contribution in [0.5, 0.6) is 0 Å². The molecule has 0 unspecified atom stereocenters. The molecule has 0 heterocycles. The van der Waals surface area contributed by atoms with Gasteiger partial charge in [-0.3, -0.25) is 4.79 Å². The normalized spacial score (nSPS) is 11.8. The summed E-state index contributed by atoms with van der Waals surface area (Å²) in [7, 11) is -4.06. The van der Waals surface area contributed by atoms with Crippen LogP contribution in [0, 0.1) is 19.7 Å². The summed E-state index contributed by atoms with van der Waals surface area (Å²) in [6, 6.07) is 19.6. The van der Waals surface area contributed by atoms with Crippen molar-refractivity contribution in [2.24, 2.45) is 5.10 Å². The molecule has 3 aromatic carbocycles. The molecule has 32 heavy (non-hydrogen) atoms. The lowest BCUT2D eigenvalue weighted by molar-refractivity contribution is -0.121. The Morgan fingerprint density at radius 1 is 0.969 bits per heavy atom. The second-order valence-electron chi connectivity index (χ2n) is 7.38. The Kier molecular flexibility index (Phi) is 7.50. The average Bonchev–Trinajstić information content (AvgIpc) is 2.76. The van der Waals surface area contributed by atoms with E-state index in [1.807, 2.05) is 38.1 Å². The molecule has 0 radical (unpaired) electrons. The van der Waals surface area contributed by atoms with Gasteiger partial charge < -0.3 is 0 Å². The molecule has 0 bridgehead atoms. The Bertz CT molecular complexity index is 1210. The van der Waals surface area contributed by atoms with Gasteiger partial charge in [-0.25, -0.2) is 18.2 Å². The predicted molar refractivity (Wildman–Crippen MR) is 122 cm³/mol. The molecule has 8 heteroatoms. The van der Waals surface area contributed by atoms with E-state index < -0.39 is 28.3 Å². The fourth-order valence-electron chi connectivity index (χ4n) is 2.93. The Morgan fingerprint density at radius 3 is 2.19 bits per heavy atom. The molecule has 0 aliphatic rings. The first-order chi connectivity index (χ1) is 15.3. The number of sulfonamides is 1. The first-order valence-corrected chi connectivity index (χ1v) is 11.4. The molecule has 1 N–H and O–H groups in total. The lowest BCUT2D eigenvalue weighted by atomic mass is 10.2. The van der Waals surface area contributed by atoms with Crippen molar-refractivity contribution in [3.63, 3.8) is 0 Å². The van der Waals surface area contributed by atoms with Crippen LogP contribution < -0.4 is 5.43 Å². The second kappa shape index (κ2) is 10.3. The second-order valence-corrected chi connectivity index (χ2v) is 9.32. The third-order valence-electron chi connectivity index (χ3n) is 4.76. The van der Waals surface area contributed by atoms with Gasteiger partial charge in [0.1, 0.15) is 5.82 Å². The van der Waals surface area contributed by atoms with Crippen LogP contribution in [-0.2, 0) is 21.4 Å². The molecule has 0 aromatic heterocycles. The number of benzene rings is 3. The molecule has 0 aliphatic heterocycles. The van der Waals surface area contributed by atoms with Gasteiger partial charge in [0.05, 0.1) is 17.7 Å². The number of carbonyl (C=O) groups excluding carboxylic acids is 1. The Balaban J connectivity index is 1.80. The van der Waals surface area contributed by atoms with Gasteiger partial charge in [-0.05, 0) is 37.6 Å². The van der Waals surface area contributed by atoms with Gasteiger partial charge in [0.25, 0.3) is 5.91 Å². The highest BCUT2D eigenvalue weighted by molar-refractivity contribution is 7.89. The van der Waals surface area contributed by atoms with E-state index in [1.165, 1.54) is 36.5 Å². The molecule has 1 amide bonds. The highest BCUT2D eigenvalue weighted by Crippen LogP contribution is 2.20. The van der Waals surface area contributed by atoms with Gasteiger partial charge in [0.2, 0.25) is 10.0 Å². The minimum Gasteiger partial charge on any atom is -0.272 e. The number of carbonyl (C=O) groups is 1. The van der Waals surface area contributed by atoms with E-state index in [0.29, 0.717) is 0 Å². The van der Waals surface area contributed by atoms with Crippen molar-refractivity contribution >= 4 is 22.1 Å². The first kappa shape index (κ1) is 23.3. The van der Waals surface area contributed by atoms with Crippen LogP contribution in [0.15, 0.2) is 82.8 Å². The Morgan fingerprint density at radius 2 is 1.56 bits per heavy atom. The summed E-state index contributed by atoms with van der Waals surface area (Å²) in [5.41, 5.74) is 5.28.